The Balaban J connectivity index is 1.25. The maximum atomic E-state index is 6.25. The maximum absolute atomic E-state index is 6.25. The van der Waals surface area contributed by atoms with Crippen molar-refractivity contribution in [3.63, 3.8) is 0 Å². The Morgan fingerprint density at radius 1 is 1.11 bits per heavy atom. The predicted octanol–water partition coefficient (Wildman–Crippen LogP) is 2.19. The molecule has 3 aliphatic rings. The lowest BCUT2D eigenvalue weighted by Gasteiger charge is -2.15. The quantitative estimate of drug-likeness (QED) is 0.847. The van der Waals surface area contributed by atoms with Crippen LogP contribution in [0.15, 0.2) is 30.3 Å². The van der Waals surface area contributed by atoms with E-state index in [-0.39, 0.29) is 6.04 Å². The summed E-state index contributed by atoms with van der Waals surface area (Å²) >= 11 is 0. The molecule has 0 spiro atoms. The third-order valence-electron chi connectivity index (χ3n) is 5.69. The topological polar surface area (TPSA) is 38.0 Å². The van der Waals surface area contributed by atoms with Crippen molar-refractivity contribution in [2.45, 2.75) is 37.8 Å². The van der Waals surface area contributed by atoms with Crippen LogP contribution in [0.4, 0.5) is 0 Å². The summed E-state index contributed by atoms with van der Waals surface area (Å²) in [4.78, 5) is 0. The van der Waals surface area contributed by atoms with Crippen molar-refractivity contribution in [3.05, 3.63) is 35.9 Å². The smallest absolute Gasteiger partial charge is 0.0206 e. The fourth-order valence-electron chi connectivity index (χ4n) is 4.87. The number of hydrogen-bond donors (Lipinski definition) is 2. The minimum absolute atomic E-state index is 0.251. The molecule has 0 radical (unpaired) electrons. The zero-order valence-corrected chi connectivity index (χ0v) is 11.5. The summed E-state index contributed by atoms with van der Waals surface area (Å²) in [6.07, 6.45) is 5.52. The van der Waals surface area contributed by atoms with Crippen LogP contribution in [0.5, 0.6) is 0 Å². The molecule has 4 rings (SSSR count). The minimum Gasteiger partial charge on any atom is -0.326 e. The van der Waals surface area contributed by atoms with Crippen molar-refractivity contribution < 1.29 is 0 Å². The van der Waals surface area contributed by atoms with E-state index in [0.717, 1.165) is 42.7 Å². The number of fused-ring (bicyclic) bond motifs is 5. The lowest BCUT2D eigenvalue weighted by molar-refractivity contribution is 0.447. The van der Waals surface area contributed by atoms with Crippen molar-refractivity contribution in [1.82, 2.24) is 5.32 Å². The molecule has 0 saturated heterocycles. The van der Waals surface area contributed by atoms with Crippen molar-refractivity contribution in [2.24, 2.45) is 29.4 Å². The van der Waals surface area contributed by atoms with Crippen molar-refractivity contribution in [2.75, 3.05) is 6.54 Å². The highest BCUT2D eigenvalue weighted by Crippen LogP contribution is 2.65. The van der Waals surface area contributed by atoms with Crippen molar-refractivity contribution in [1.29, 1.82) is 0 Å². The molecular weight excluding hydrogens is 232 g/mol. The zero-order valence-electron chi connectivity index (χ0n) is 11.5. The summed E-state index contributed by atoms with van der Waals surface area (Å²) in [7, 11) is 0. The molecule has 102 valence electrons. The molecule has 3 fully saturated rings. The first kappa shape index (κ1) is 11.9. The van der Waals surface area contributed by atoms with Gasteiger partial charge in [-0.15, -0.1) is 0 Å². The highest BCUT2D eigenvalue weighted by molar-refractivity contribution is 5.18. The summed E-state index contributed by atoms with van der Waals surface area (Å²) in [6.45, 7) is 0.978. The van der Waals surface area contributed by atoms with Gasteiger partial charge in [0.05, 0.1) is 0 Å². The third-order valence-corrected chi connectivity index (χ3v) is 5.69. The second-order valence-electron chi connectivity index (χ2n) is 6.87. The Morgan fingerprint density at radius 2 is 1.79 bits per heavy atom. The summed E-state index contributed by atoms with van der Waals surface area (Å²) in [5.74, 6) is 4.14. The molecule has 19 heavy (non-hydrogen) atoms. The van der Waals surface area contributed by atoms with Gasteiger partial charge in [0, 0.05) is 18.6 Å². The first-order valence-electron chi connectivity index (χ1n) is 7.86. The molecule has 1 aromatic rings. The lowest BCUT2D eigenvalue weighted by Crippen LogP contribution is -2.38. The Kier molecular flexibility index (Phi) is 2.89. The summed E-state index contributed by atoms with van der Waals surface area (Å²) in [5.41, 5.74) is 7.61. The predicted molar refractivity (Wildman–Crippen MR) is 77.7 cm³/mol. The van der Waals surface area contributed by atoms with E-state index < -0.39 is 0 Å². The highest BCUT2D eigenvalue weighted by Gasteiger charge is 2.64. The van der Waals surface area contributed by atoms with Crippen LogP contribution in [0.3, 0.4) is 0 Å². The van der Waals surface area contributed by atoms with E-state index >= 15 is 0 Å². The number of nitrogens with two attached hydrogens (primary N) is 1. The maximum Gasteiger partial charge on any atom is 0.0206 e. The van der Waals surface area contributed by atoms with E-state index in [1.807, 2.05) is 0 Å². The lowest BCUT2D eigenvalue weighted by atomic mass is 10.0. The summed E-state index contributed by atoms with van der Waals surface area (Å²) < 4.78 is 0. The van der Waals surface area contributed by atoms with Gasteiger partial charge in [-0.3, -0.25) is 0 Å². The SMILES string of the molecule is NC(CNC1C2C3CCC(C3)C12)Cc1ccccc1. The van der Waals surface area contributed by atoms with Crippen LogP contribution in [0.2, 0.25) is 0 Å². The Labute approximate surface area is 115 Å². The fourth-order valence-corrected chi connectivity index (χ4v) is 4.87. The molecule has 3 saturated carbocycles. The number of benzene rings is 1. The monoisotopic (exact) mass is 256 g/mol. The molecule has 0 aromatic heterocycles. The first-order chi connectivity index (χ1) is 9.33. The molecule has 2 heteroatoms. The van der Waals surface area contributed by atoms with E-state index in [9.17, 15) is 0 Å². The van der Waals surface area contributed by atoms with Crippen molar-refractivity contribution in [3.8, 4) is 0 Å². The largest absolute Gasteiger partial charge is 0.326 e. The van der Waals surface area contributed by atoms with E-state index in [0.29, 0.717) is 0 Å². The van der Waals surface area contributed by atoms with Crippen molar-refractivity contribution >= 4 is 0 Å². The van der Waals surface area contributed by atoms with Gasteiger partial charge in [-0.1, -0.05) is 30.3 Å². The molecule has 3 N–H and O–H groups in total. The average Bonchev–Trinajstić information content (AvgIpc) is 2.81. The van der Waals surface area contributed by atoms with E-state index in [1.54, 1.807) is 0 Å². The van der Waals surface area contributed by atoms with Crippen LogP contribution in [0.25, 0.3) is 0 Å². The van der Waals surface area contributed by atoms with Crippen LogP contribution in [-0.2, 0) is 6.42 Å². The number of rotatable bonds is 5. The van der Waals surface area contributed by atoms with Gasteiger partial charge in [-0.2, -0.15) is 0 Å². The molecule has 0 amide bonds. The third kappa shape index (κ3) is 2.11. The molecule has 0 aliphatic heterocycles. The molecule has 0 heterocycles. The molecule has 3 aliphatic carbocycles. The zero-order chi connectivity index (χ0) is 12.8. The molecule has 5 atom stereocenters. The van der Waals surface area contributed by atoms with Gasteiger partial charge in [-0.05, 0) is 54.9 Å². The molecule has 2 nitrogen and oxygen atoms in total. The van der Waals surface area contributed by atoms with Crippen LogP contribution in [0, 0.1) is 23.7 Å². The van der Waals surface area contributed by atoms with Gasteiger partial charge in [0.25, 0.3) is 0 Å². The van der Waals surface area contributed by atoms with E-state index in [2.05, 4.69) is 35.6 Å². The van der Waals surface area contributed by atoms with E-state index in [1.165, 1.54) is 24.8 Å². The van der Waals surface area contributed by atoms with Gasteiger partial charge in [0.15, 0.2) is 0 Å². The molecule has 1 aromatic carbocycles. The first-order valence-corrected chi connectivity index (χ1v) is 7.86. The van der Waals surface area contributed by atoms with Gasteiger partial charge in [0.2, 0.25) is 0 Å². The van der Waals surface area contributed by atoms with Gasteiger partial charge >= 0.3 is 0 Å². The summed E-state index contributed by atoms with van der Waals surface area (Å²) in [6, 6.07) is 11.7. The Morgan fingerprint density at radius 3 is 2.47 bits per heavy atom. The van der Waals surface area contributed by atoms with Crippen LogP contribution < -0.4 is 11.1 Å². The number of nitrogens with one attached hydrogen (secondary N) is 1. The van der Waals surface area contributed by atoms with Gasteiger partial charge in [-0.25, -0.2) is 0 Å². The highest BCUT2D eigenvalue weighted by atomic mass is 15.0. The van der Waals surface area contributed by atoms with Crippen LogP contribution in [0.1, 0.15) is 24.8 Å². The average molecular weight is 256 g/mol. The molecule has 5 unspecified atom stereocenters. The molecule has 2 bridgehead atoms. The van der Waals surface area contributed by atoms with Crippen LogP contribution in [-0.4, -0.2) is 18.6 Å². The minimum atomic E-state index is 0.251. The Bertz CT molecular complexity index is 428. The van der Waals surface area contributed by atoms with Crippen LogP contribution >= 0.6 is 0 Å². The molecular formula is C17H24N2. The number of hydrogen-bond acceptors (Lipinski definition) is 2. The normalized spacial score (nSPS) is 40.2. The fraction of sp³-hybridized carbons (Fsp3) is 0.647. The Hall–Kier alpha value is -0.860. The van der Waals surface area contributed by atoms with Gasteiger partial charge in [0.1, 0.15) is 0 Å². The second kappa shape index (κ2) is 4.60. The standard InChI is InChI=1S/C17H24N2/c18-14(8-11-4-2-1-3-5-11)10-19-17-15-12-6-7-13(9-12)16(15)17/h1-5,12-17,19H,6-10,18H2. The second-order valence-corrected chi connectivity index (χ2v) is 6.87. The summed E-state index contributed by atoms with van der Waals surface area (Å²) in [5, 5.41) is 3.75. The van der Waals surface area contributed by atoms with E-state index in [4.69, 9.17) is 5.73 Å². The van der Waals surface area contributed by atoms with Gasteiger partial charge < -0.3 is 11.1 Å².